The molecule has 0 bridgehead atoms. The summed E-state index contributed by atoms with van der Waals surface area (Å²) in [6.07, 6.45) is 1.71. The van der Waals surface area contributed by atoms with Crippen molar-refractivity contribution in [2.24, 2.45) is 5.92 Å². The van der Waals surface area contributed by atoms with Crippen molar-refractivity contribution in [2.45, 2.75) is 31.6 Å². The second kappa shape index (κ2) is 12.4. The molecule has 2 N–H and O–H groups in total. The molecule has 2 amide bonds. The molecule has 3 aromatic rings. The Morgan fingerprint density at radius 1 is 1.09 bits per heavy atom. The van der Waals surface area contributed by atoms with E-state index in [9.17, 15) is 9.59 Å². The fraction of sp³-hybridized carbons (Fsp3) is 0.250. The van der Waals surface area contributed by atoms with Gasteiger partial charge in [0.15, 0.2) is 11.0 Å². The van der Waals surface area contributed by atoms with Gasteiger partial charge >= 0.3 is 0 Å². The maximum Gasteiger partial charge on any atom is 0.251 e. The lowest BCUT2D eigenvalue weighted by Crippen LogP contribution is -2.33. The SMILES string of the molecule is C=CCn1c(SCC(=O)Nc2cc(Cl)c(Cl)cc2Cl)nnc1[C@H](NC(=O)c1ccccc1)C(C)C. The van der Waals surface area contributed by atoms with E-state index in [0.29, 0.717) is 33.8 Å². The number of hydrogen-bond acceptors (Lipinski definition) is 5. The molecule has 1 heterocycles. The van der Waals surface area contributed by atoms with Gasteiger partial charge in [0.25, 0.3) is 5.91 Å². The predicted octanol–water partition coefficient (Wildman–Crippen LogP) is 6.28. The first kappa shape index (κ1) is 27.1. The molecule has 0 spiro atoms. The molecular weight excluding hydrogens is 529 g/mol. The van der Waals surface area contributed by atoms with E-state index in [1.807, 2.05) is 36.6 Å². The Kier molecular flexibility index (Phi) is 9.63. The predicted molar refractivity (Wildman–Crippen MR) is 143 cm³/mol. The highest BCUT2D eigenvalue weighted by Gasteiger charge is 2.26. The molecule has 0 aliphatic rings. The second-order valence-electron chi connectivity index (χ2n) is 7.88. The minimum absolute atomic E-state index is 0.0355. The first-order valence-electron chi connectivity index (χ1n) is 10.7. The van der Waals surface area contributed by atoms with Crippen LogP contribution in [0.5, 0.6) is 0 Å². The Balaban J connectivity index is 1.75. The van der Waals surface area contributed by atoms with Crippen molar-refractivity contribution < 1.29 is 9.59 Å². The van der Waals surface area contributed by atoms with Crippen LogP contribution in [-0.2, 0) is 11.3 Å². The lowest BCUT2D eigenvalue weighted by Gasteiger charge is -2.22. The van der Waals surface area contributed by atoms with Crippen LogP contribution in [0.4, 0.5) is 5.69 Å². The summed E-state index contributed by atoms with van der Waals surface area (Å²) in [5.41, 5.74) is 0.920. The molecule has 1 atom stereocenters. The van der Waals surface area contributed by atoms with Gasteiger partial charge in [0.05, 0.1) is 32.5 Å². The van der Waals surface area contributed by atoms with E-state index < -0.39 is 6.04 Å². The Morgan fingerprint density at radius 2 is 1.77 bits per heavy atom. The summed E-state index contributed by atoms with van der Waals surface area (Å²) >= 11 is 19.3. The van der Waals surface area contributed by atoms with E-state index >= 15 is 0 Å². The van der Waals surface area contributed by atoms with Crippen LogP contribution in [0.3, 0.4) is 0 Å². The molecule has 35 heavy (non-hydrogen) atoms. The fourth-order valence-corrected chi connectivity index (χ4v) is 4.56. The van der Waals surface area contributed by atoms with E-state index in [1.165, 1.54) is 23.9 Å². The molecule has 184 valence electrons. The highest BCUT2D eigenvalue weighted by atomic mass is 35.5. The quantitative estimate of drug-likeness (QED) is 0.175. The molecule has 11 heteroatoms. The summed E-state index contributed by atoms with van der Waals surface area (Å²) in [4.78, 5) is 25.3. The Hall–Kier alpha value is -2.52. The topological polar surface area (TPSA) is 88.9 Å². The van der Waals surface area contributed by atoms with Crippen molar-refractivity contribution in [3.8, 4) is 0 Å². The number of anilines is 1. The number of hydrogen-bond donors (Lipinski definition) is 2. The van der Waals surface area contributed by atoms with Crippen LogP contribution in [0.25, 0.3) is 0 Å². The number of nitrogens with zero attached hydrogens (tertiary/aromatic N) is 3. The zero-order valence-corrected chi connectivity index (χ0v) is 22.2. The molecule has 1 aromatic heterocycles. The van der Waals surface area contributed by atoms with Crippen molar-refractivity contribution in [1.82, 2.24) is 20.1 Å². The van der Waals surface area contributed by atoms with Crippen LogP contribution in [-0.4, -0.2) is 32.3 Å². The van der Waals surface area contributed by atoms with Gasteiger partial charge in [-0.25, -0.2) is 0 Å². The molecule has 0 aliphatic heterocycles. The van der Waals surface area contributed by atoms with Crippen LogP contribution in [0.15, 0.2) is 60.3 Å². The third-order valence-corrected chi connectivity index (χ3v) is 6.94. The molecule has 0 saturated heterocycles. The fourth-order valence-electron chi connectivity index (χ4n) is 3.22. The van der Waals surface area contributed by atoms with Gasteiger partial charge in [0, 0.05) is 12.1 Å². The number of carbonyl (C=O) groups is 2. The average molecular weight is 553 g/mol. The number of amides is 2. The normalized spacial score (nSPS) is 11.8. The number of rotatable bonds is 10. The summed E-state index contributed by atoms with van der Waals surface area (Å²) in [6, 6.07) is 11.5. The molecule has 3 rings (SSSR count). The molecule has 0 radical (unpaired) electrons. The number of thioether (sulfide) groups is 1. The zero-order chi connectivity index (χ0) is 25.5. The number of allylic oxidation sites excluding steroid dienone is 1. The van der Waals surface area contributed by atoms with Gasteiger partial charge in [0.1, 0.15) is 0 Å². The van der Waals surface area contributed by atoms with Crippen LogP contribution < -0.4 is 10.6 Å². The van der Waals surface area contributed by atoms with Crippen molar-refractivity contribution in [1.29, 1.82) is 0 Å². The maximum absolute atomic E-state index is 12.8. The zero-order valence-electron chi connectivity index (χ0n) is 19.1. The van der Waals surface area contributed by atoms with Gasteiger partial charge in [-0.1, -0.05) is 84.7 Å². The largest absolute Gasteiger partial charge is 0.342 e. The number of nitrogens with one attached hydrogen (secondary N) is 2. The summed E-state index contributed by atoms with van der Waals surface area (Å²) in [5.74, 6) is 0.162. The van der Waals surface area contributed by atoms with Gasteiger partial charge in [-0.15, -0.1) is 16.8 Å². The second-order valence-corrected chi connectivity index (χ2v) is 10.0. The maximum atomic E-state index is 12.8. The van der Waals surface area contributed by atoms with Crippen molar-refractivity contribution in [2.75, 3.05) is 11.1 Å². The highest BCUT2D eigenvalue weighted by Crippen LogP contribution is 2.32. The van der Waals surface area contributed by atoms with Crippen molar-refractivity contribution in [3.05, 3.63) is 81.6 Å². The lowest BCUT2D eigenvalue weighted by molar-refractivity contribution is -0.113. The summed E-state index contributed by atoms with van der Waals surface area (Å²) < 4.78 is 1.84. The standard InChI is InChI=1S/C24H24Cl3N5O2S/c1-4-10-32-22(21(14(2)3)29-23(34)15-8-6-5-7-9-15)30-31-24(32)35-13-20(33)28-19-12-17(26)16(25)11-18(19)27/h4-9,11-12,14,21H,1,10,13H2,2-3H3,(H,28,33)(H,29,34)/t21-/m1/s1. The van der Waals surface area contributed by atoms with E-state index in [4.69, 9.17) is 34.8 Å². The highest BCUT2D eigenvalue weighted by molar-refractivity contribution is 7.99. The number of halogens is 3. The minimum Gasteiger partial charge on any atom is -0.342 e. The first-order valence-corrected chi connectivity index (χ1v) is 12.8. The van der Waals surface area contributed by atoms with Gasteiger partial charge in [0.2, 0.25) is 5.91 Å². The molecule has 0 unspecified atom stereocenters. The van der Waals surface area contributed by atoms with E-state index in [1.54, 1.807) is 18.2 Å². The first-order chi connectivity index (χ1) is 16.7. The van der Waals surface area contributed by atoms with Gasteiger partial charge in [-0.3, -0.25) is 9.59 Å². The summed E-state index contributed by atoms with van der Waals surface area (Å²) in [7, 11) is 0. The lowest BCUT2D eigenvalue weighted by atomic mass is 10.0. The molecule has 0 saturated carbocycles. The molecule has 2 aromatic carbocycles. The molecule has 0 fully saturated rings. The summed E-state index contributed by atoms with van der Waals surface area (Å²) in [6.45, 7) is 8.21. The molecular formula is C24H24Cl3N5O2S. The van der Waals surface area contributed by atoms with Crippen molar-refractivity contribution in [3.63, 3.8) is 0 Å². The van der Waals surface area contributed by atoms with Crippen LogP contribution in [0.1, 0.15) is 36.1 Å². The molecule has 7 nitrogen and oxygen atoms in total. The van der Waals surface area contributed by atoms with E-state index in [2.05, 4.69) is 27.4 Å². The van der Waals surface area contributed by atoms with Crippen molar-refractivity contribution >= 4 is 64.1 Å². The third-order valence-electron chi connectivity index (χ3n) is 4.94. The van der Waals surface area contributed by atoms with E-state index in [-0.39, 0.29) is 33.5 Å². The van der Waals surface area contributed by atoms with Gasteiger partial charge < -0.3 is 15.2 Å². The Morgan fingerprint density at radius 3 is 2.43 bits per heavy atom. The minimum atomic E-state index is -0.395. The average Bonchev–Trinajstić information content (AvgIpc) is 3.22. The number of carbonyl (C=O) groups excluding carboxylic acids is 2. The van der Waals surface area contributed by atoms with Gasteiger partial charge in [-0.2, -0.15) is 0 Å². The Labute approximate surface area is 223 Å². The smallest absolute Gasteiger partial charge is 0.251 e. The Bertz CT molecular complexity index is 1220. The van der Waals surface area contributed by atoms with Gasteiger partial charge in [-0.05, 0) is 30.2 Å². The van der Waals surface area contributed by atoms with Crippen LogP contribution in [0.2, 0.25) is 15.1 Å². The third kappa shape index (κ3) is 7.01. The molecule has 0 aliphatic carbocycles. The van der Waals surface area contributed by atoms with Crippen LogP contribution >= 0.6 is 46.6 Å². The van der Waals surface area contributed by atoms with E-state index in [0.717, 1.165) is 0 Å². The van der Waals surface area contributed by atoms with Crippen LogP contribution in [0, 0.1) is 5.92 Å². The monoisotopic (exact) mass is 551 g/mol. The number of benzene rings is 2. The number of aromatic nitrogens is 3. The summed E-state index contributed by atoms with van der Waals surface area (Å²) in [5, 5.41) is 15.8.